The van der Waals surface area contributed by atoms with Crippen molar-refractivity contribution in [2.45, 2.75) is 96.7 Å². The van der Waals surface area contributed by atoms with Gasteiger partial charge >= 0.3 is 5.97 Å². The predicted octanol–water partition coefficient (Wildman–Crippen LogP) is 4.11. The minimum Gasteiger partial charge on any atom is -0.481 e. The Morgan fingerprint density at radius 1 is 1.22 bits per heavy atom. The van der Waals surface area contributed by atoms with E-state index < -0.39 is 18.2 Å². The summed E-state index contributed by atoms with van der Waals surface area (Å²) in [6, 6.07) is 0. The summed E-state index contributed by atoms with van der Waals surface area (Å²) < 4.78 is 0. The highest BCUT2D eigenvalue weighted by atomic mass is 16.4. The molecule has 5 nitrogen and oxygen atoms in total. The van der Waals surface area contributed by atoms with Crippen LogP contribution in [-0.2, 0) is 9.59 Å². The molecule has 0 spiro atoms. The van der Waals surface area contributed by atoms with Crippen LogP contribution in [0.3, 0.4) is 0 Å². The number of Topliss-reactive ketones (excluding diaryl/α,β-unsaturated/α-hetero) is 1. The summed E-state index contributed by atoms with van der Waals surface area (Å²) in [5.74, 6) is -0.593. The SMILES string of the molecule is CCCCC(C)C[C@@H](O)C=C[C@H]1[C@H](O)CC(=O)[C@@H]1CCCCCCC(=O)O. The number of carbonyl (C=O) groups excluding carboxylic acids is 1. The highest BCUT2D eigenvalue weighted by Crippen LogP contribution is 2.34. The fourth-order valence-corrected chi connectivity index (χ4v) is 4.00. The first-order valence-electron chi connectivity index (χ1n) is 10.6. The molecule has 0 radical (unpaired) electrons. The molecule has 1 aliphatic rings. The largest absolute Gasteiger partial charge is 0.481 e. The van der Waals surface area contributed by atoms with Crippen molar-refractivity contribution in [3.05, 3.63) is 12.2 Å². The van der Waals surface area contributed by atoms with Gasteiger partial charge in [0.2, 0.25) is 0 Å². The van der Waals surface area contributed by atoms with Gasteiger partial charge in [0, 0.05) is 24.7 Å². The highest BCUT2D eigenvalue weighted by molar-refractivity contribution is 5.84. The van der Waals surface area contributed by atoms with Crippen molar-refractivity contribution in [3.63, 3.8) is 0 Å². The van der Waals surface area contributed by atoms with Gasteiger partial charge < -0.3 is 15.3 Å². The molecule has 0 heterocycles. The topological polar surface area (TPSA) is 94.8 Å². The first kappa shape index (κ1) is 23.8. The molecule has 5 atom stereocenters. The molecule has 0 aromatic carbocycles. The Morgan fingerprint density at radius 3 is 2.59 bits per heavy atom. The van der Waals surface area contributed by atoms with Gasteiger partial charge in [-0.25, -0.2) is 0 Å². The molecule has 0 aliphatic heterocycles. The molecule has 1 rings (SSSR count). The minimum absolute atomic E-state index is 0.105. The Bertz CT molecular complexity index is 473. The Kier molecular flexibility index (Phi) is 11.5. The van der Waals surface area contributed by atoms with Crippen LogP contribution in [0.15, 0.2) is 12.2 Å². The monoisotopic (exact) mass is 382 g/mol. The Morgan fingerprint density at radius 2 is 1.93 bits per heavy atom. The van der Waals surface area contributed by atoms with E-state index in [4.69, 9.17) is 5.11 Å². The molecular formula is C22H38O5. The molecule has 1 aliphatic carbocycles. The van der Waals surface area contributed by atoms with Crippen LogP contribution in [0.1, 0.15) is 84.5 Å². The summed E-state index contributed by atoms with van der Waals surface area (Å²) >= 11 is 0. The molecule has 0 aromatic heterocycles. The van der Waals surface area contributed by atoms with Crippen molar-refractivity contribution in [1.82, 2.24) is 0 Å². The highest BCUT2D eigenvalue weighted by Gasteiger charge is 2.39. The first-order chi connectivity index (χ1) is 12.8. The van der Waals surface area contributed by atoms with Gasteiger partial charge in [0.15, 0.2) is 0 Å². The maximum Gasteiger partial charge on any atom is 0.303 e. The fraction of sp³-hybridized carbons (Fsp3) is 0.818. The van der Waals surface area contributed by atoms with Gasteiger partial charge in [0.1, 0.15) is 5.78 Å². The number of carboxylic acids is 1. The van der Waals surface area contributed by atoms with Crippen LogP contribution in [0.25, 0.3) is 0 Å². The minimum atomic E-state index is -0.767. The number of rotatable bonds is 14. The molecular weight excluding hydrogens is 344 g/mol. The average molecular weight is 383 g/mol. The maximum absolute atomic E-state index is 12.2. The molecule has 0 saturated heterocycles. The van der Waals surface area contributed by atoms with Gasteiger partial charge in [0.25, 0.3) is 0 Å². The third-order valence-corrected chi connectivity index (χ3v) is 5.64. The van der Waals surface area contributed by atoms with Crippen molar-refractivity contribution in [2.24, 2.45) is 17.8 Å². The lowest BCUT2D eigenvalue weighted by Gasteiger charge is -2.19. The zero-order chi connectivity index (χ0) is 20.2. The zero-order valence-corrected chi connectivity index (χ0v) is 17.0. The second-order valence-corrected chi connectivity index (χ2v) is 8.20. The molecule has 0 aromatic rings. The number of aliphatic hydroxyl groups is 2. The quantitative estimate of drug-likeness (QED) is 0.310. The summed E-state index contributed by atoms with van der Waals surface area (Å²) in [6.45, 7) is 4.31. The van der Waals surface area contributed by atoms with E-state index in [9.17, 15) is 19.8 Å². The summed E-state index contributed by atoms with van der Waals surface area (Å²) in [4.78, 5) is 22.7. The van der Waals surface area contributed by atoms with E-state index in [0.29, 0.717) is 18.8 Å². The summed E-state index contributed by atoms with van der Waals surface area (Å²) in [7, 11) is 0. The van der Waals surface area contributed by atoms with Crippen molar-refractivity contribution in [3.8, 4) is 0 Å². The summed E-state index contributed by atoms with van der Waals surface area (Å²) in [6.07, 6.45) is 11.0. The normalized spacial score (nSPS) is 25.2. The van der Waals surface area contributed by atoms with Crippen molar-refractivity contribution < 1.29 is 24.9 Å². The van der Waals surface area contributed by atoms with Gasteiger partial charge in [-0.05, 0) is 25.2 Å². The summed E-state index contributed by atoms with van der Waals surface area (Å²) in [5.41, 5.74) is 0. The maximum atomic E-state index is 12.2. The van der Waals surface area contributed by atoms with Crippen LogP contribution in [0, 0.1) is 17.8 Å². The fourth-order valence-electron chi connectivity index (χ4n) is 4.00. The lowest BCUT2D eigenvalue weighted by atomic mass is 9.88. The predicted molar refractivity (Wildman–Crippen MR) is 106 cm³/mol. The first-order valence-corrected chi connectivity index (χ1v) is 10.6. The number of unbranched alkanes of at least 4 members (excludes halogenated alkanes) is 4. The molecule has 156 valence electrons. The van der Waals surface area contributed by atoms with Crippen LogP contribution < -0.4 is 0 Å². The number of aliphatic hydroxyl groups excluding tert-OH is 2. The smallest absolute Gasteiger partial charge is 0.303 e. The van der Waals surface area contributed by atoms with Gasteiger partial charge in [-0.3, -0.25) is 9.59 Å². The molecule has 3 N–H and O–H groups in total. The molecule has 5 heteroatoms. The van der Waals surface area contributed by atoms with Crippen LogP contribution >= 0.6 is 0 Å². The van der Waals surface area contributed by atoms with Crippen LogP contribution in [0.5, 0.6) is 0 Å². The third kappa shape index (κ3) is 9.52. The second kappa shape index (κ2) is 13.1. The number of ketones is 1. The number of carboxylic acid groups (broad SMARTS) is 1. The van der Waals surface area contributed by atoms with E-state index in [0.717, 1.165) is 38.5 Å². The lowest BCUT2D eigenvalue weighted by molar-refractivity contribution is -0.137. The molecule has 27 heavy (non-hydrogen) atoms. The van der Waals surface area contributed by atoms with E-state index in [1.54, 1.807) is 6.08 Å². The third-order valence-electron chi connectivity index (χ3n) is 5.64. The Labute approximate surface area is 163 Å². The second-order valence-electron chi connectivity index (χ2n) is 8.20. The van der Waals surface area contributed by atoms with Crippen molar-refractivity contribution >= 4 is 11.8 Å². The van der Waals surface area contributed by atoms with Crippen molar-refractivity contribution in [2.75, 3.05) is 0 Å². The van der Waals surface area contributed by atoms with E-state index in [2.05, 4.69) is 13.8 Å². The summed E-state index contributed by atoms with van der Waals surface area (Å²) in [5, 5.41) is 29.1. The molecule has 1 fully saturated rings. The zero-order valence-electron chi connectivity index (χ0n) is 17.0. The van der Waals surface area contributed by atoms with Crippen LogP contribution in [0.2, 0.25) is 0 Å². The number of hydrogen-bond donors (Lipinski definition) is 3. The molecule has 1 unspecified atom stereocenters. The Balaban J connectivity index is 2.43. The number of hydrogen-bond acceptors (Lipinski definition) is 4. The van der Waals surface area contributed by atoms with Gasteiger partial charge in [-0.2, -0.15) is 0 Å². The van der Waals surface area contributed by atoms with E-state index >= 15 is 0 Å². The Hall–Kier alpha value is -1.20. The lowest BCUT2D eigenvalue weighted by Crippen LogP contribution is -2.19. The molecule has 0 bridgehead atoms. The van der Waals surface area contributed by atoms with Gasteiger partial charge in [-0.1, -0.05) is 64.5 Å². The van der Waals surface area contributed by atoms with Gasteiger partial charge in [-0.15, -0.1) is 0 Å². The van der Waals surface area contributed by atoms with E-state index in [1.165, 1.54) is 6.42 Å². The number of carbonyl (C=O) groups is 2. The average Bonchev–Trinajstić information content (AvgIpc) is 2.87. The number of aliphatic carboxylic acids is 1. The van der Waals surface area contributed by atoms with Gasteiger partial charge in [0.05, 0.1) is 12.2 Å². The molecule has 0 amide bonds. The van der Waals surface area contributed by atoms with Crippen LogP contribution in [0.4, 0.5) is 0 Å². The van der Waals surface area contributed by atoms with E-state index in [-0.39, 0.29) is 30.5 Å². The van der Waals surface area contributed by atoms with Crippen molar-refractivity contribution in [1.29, 1.82) is 0 Å². The van der Waals surface area contributed by atoms with Crippen LogP contribution in [-0.4, -0.2) is 39.3 Å². The van der Waals surface area contributed by atoms with E-state index in [1.807, 2.05) is 6.08 Å². The molecule has 1 saturated carbocycles. The standard InChI is InChI=1S/C22H38O5/c1-3-4-9-16(2)14-17(23)12-13-19-18(20(24)15-21(19)25)10-7-5-6-8-11-22(26)27/h12-13,16-19,21,23,25H,3-11,14-15H2,1-2H3,(H,26,27)/t16?,17-,18+,19+,21+/m0/s1.